The molecule has 0 radical (unpaired) electrons. The molecule has 1 heterocycles. The molecule has 1 saturated carbocycles. The lowest BCUT2D eigenvalue weighted by Crippen LogP contribution is -2.14. The number of imidazole rings is 1. The highest BCUT2D eigenvalue weighted by molar-refractivity contribution is 6.16. The average molecular weight is 263 g/mol. The molecule has 0 amide bonds. The van der Waals surface area contributed by atoms with E-state index in [9.17, 15) is 0 Å². The number of nitrogens with zero attached hydrogens (tertiary/aromatic N) is 2. The highest BCUT2D eigenvalue weighted by Gasteiger charge is 2.18. The highest BCUT2D eigenvalue weighted by Crippen LogP contribution is 2.31. The maximum absolute atomic E-state index is 6.04. The zero-order valence-corrected chi connectivity index (χ0v) is 11.6. The van der Waals surface area contributed by atoms with Gasteiger partial charge in [0.05, 0.1) is 16.9 Å². The molecular weight excluding hydrogens is 244 g/mol. The molecule has 0 spiro atoms. The summed E-state index contributed by atoms with van der Waals surface area (Å²) in [6.45, 7) is 3.18. The van der Waals surface area contributed by atoms with Gasteiger partial charge >= 0.3 is 0 Å². The average Bonchev–Trinajstić information content (AvgIpc) is 2.67. The molecule has 1 aromatic carbocycles. The number of aryl methyl sites for hydroxylation is 2. The number of benzene rings is 1. The molecule has 1 aliphatic rings. The van der Waals surface area contributed by atoms with Crippen molar-refractivity contribution in [3.63, 3.8) is 0 Å². The summed E-state index contributed by atoms with van der Waals surface area (Å²) in [7, 11) is 0. The Kier molecular flexibility index (Phi) is 3.29. The first kappa shape index (κ1) is 12.0. The summed E-state index contributed by atoms with van der Waals surface area (Å²) in [5.41, 5.74) is 3.59. The maximum atomic E-state index is 6.04. The summed E-state index contributed by atoms with van der Waals surface area (Å²) in [6, 6.07) is 6.38. The molecule has 0 saturated heterocycles. The summed E-state index contributed by atoms with van der Waals surface area (Å²) >= 11 is 6.04. The lowest BCUT2D eigenvalue weighted by molar-refractivity contribution is 0.282. The van der Waals surface area contributed by atoms with Crippen LogP contribution >= 0.6 is 11.6 Å². The van der Waals surface area contributed by atoms with E-state index in [0.29, 0.717) is 5.88 Å². The third-order valence-corrected chi connectivity index (χ3v) is 4.40. The molecule has 0 N–H and O–H groups in total. The molecule has 2 nitrogen and oxygen atoms in total. The van der Waals surface area contributed by atoms with Crippen LogP contribution in [0.4, 0.5) is 0 Å². The molecule has 18 heavy (non-hydrogen) atoms. The second-order valence-corrected chi connectivity index (χ2v) is 5.61. The Morgan fingerprint density at radius 1 is 1.39 bits per heavy atom. The van der Waals surface area contributed by atoms with Gasteiger partial charge in [0.25, 0.3) is 0 Å². The van der Waals surface area contributed by atoms with Gasteiger partial charge in [-0.3, -0.25) is 0 Å². The zero-order chi connectivity index (χ0) is 12.5. The summed E-state index contributed by atoms with van der Waals surface area (Å²) in [5.74, 6) is 2.44. The summed E-state index contributed by atoms with van der Waals surface area (Å²) < 4.78 is 2.31. The quantitative estimate of drug-likeness (QED) is 0.753. The molecule has 3 heteroatoms. The van der Waals surface area contributed by atoms with Crippen molar-refractivity contribution in [3.05, 3.63) is 29.6 Å². The van der Waals surface area contributed by atoms with Crippen LogP contribution in [-0.2, 0) is 12.4 Å². The molecule has 2 aromatic rings. The van der Waals surface area contributed by atoms with E-state index in [0.717, 1.165) is 23.8 Å². The molecule has 0 bridgehead atoms. The van der Waals surface area contributed by atoms with Crippen molar-refractivity contribution in [1.29, 1.82) is 0 Å². The van der Waals surface area contributed by atoms with Crippen molar-refractivity contribution in [2.24, 2.45) is 5.92 Å². The molecule has 0 aliphatic heterocycles. The number of fused-ring (bicyclic) bond motifs is 1. The van der Waals surface area contributed by atoms with Crippen LogP contribution in [0.5, 0.6) is 0 Å². The van der Waals surface area contributed by atoms with Crippen LogP contribution in [-0.4, -0.2) is 9.55 Å². The van der Waals surface area contributed by atoms with E-state index in [2.05, 4.69) is 34.7 Å². The Morgan fingerprint density at radius 3 is 2.89 bits per heavy atom. The second-order valence-electron chi connectivity index (χ2n) is 5.34. The predicted octanol–water partition coefficient (Wildman–Crippen LogP) is 4.27. The first-order valence-corrected chi connectivity index (χ1v) is 7.33. The maximum Gasteiger partial charge on any atom is 0.124 e. The number of para-hydroxylation sites is 1. The molecular formula is C15H19ClN2. The fourth-order valence-electron chi connectivity index (χ4n) is 2.78. The standard InChI is InChI=1S/C15H19ClN2/c1-11-4-2-7-13-15(11)17-14(10-16)18(13)9-8-12-5-3-6-12/h2,4,7,12H,3,5-6,8-10H2,1H3. The van der Waals surface area contributed by atoms with Crippen LogP contribution in [0.25, 0.3) is 11.0 Å². The number of hydrogen-bond donors (Lipinski definition) is 0. The monoisotopic (exact) mass is 262 g/mol. The molecule has 1 aromatic heterocycles. The van der Waals surface area contributed by atoms with Gasteiger partial charge in [0.2, 0.25) is 0 Å². The first-order chi connectivity index (χ1) is 8.79. The van der Waals surface area contributed by atoms with Gasteiger partial charge in [-0.1, -0.05) is 31.4 Å². The van der Waals surface area contributed by atoms with Gasteiger partial charge in [-0.05, 0) is 30.9 Å². The van der Waals surface area contributed by atoms with Crippen molar-refractivity contribution >= 4 is 22.6 Å². The van der Waals surface area contributed by atoms with Crippen molar-refractivity contribution < 1.29 is 0 Å². The van der Waals surface area contributed by atoms with E-state index in [1.165, 1.54) is 36.8 Å². The fourth-order valence-corrected chi connectivity index (χ4v) is 2.98. The topological polar surface area (TPSA) is 17.8 Å². The van der Waals surface area contributed by atoms with Crippen molar-refractivity contribution in [2.45, 2.75) is 45.0 Å². The summed E-state index contributed by atoms with van der Waals surface area (Å²) in [4.78, 5) is 4.68. The highest BCUT2D eigenvalue weighted by atomic mass is 35.5. The molecule has 0 unspecified atom stereocenters. The van der Waals surface area contributed by atoms with E-state index in [-0.39, 0.29) is 0 Å². The van der Waals surface area contributed by atoms with Gasteiger partial charge in [-0.25, -0.2) is 4.98 Å². The zero-order valence-electron chi connectivity index (χ0n) is 10.8. The number of aromatic nitrogens is 2. The summed E-state index contributed by atoms with van der Waals surface area (Å²) in [5, 5.41) is 0. The van der Waals surface area contributed by atoms with E-state index in [4.69, 9.17) is 11.6 Å². The van der Waals surface area contributed by atoms with Crippen LogP contribution < -0.4 is 0 Å². The van der Waals surface area contributed by atoms with Crippen molar-refractivity contribution in [1.82, 2.24) is 9.55 Å². The largest absolute Gasteiger partial charge is 0.327 e. The Bertz CT molecular complexity index is 555. The molecule has 1 fully saturated rings. The first-order valence-electron chi connectivity index (χ1n) is 6.80. The minimum atomic E-state index is 0.499. The smallest absolute Gasteiger partial charge is 0.124 e. The normalized spacial score (nSPS) is 16.1. The Labute approximate surface area is 113 Å². The minimum absolute atomic E-state index is 0.499. The van der Waals surface area contributed by atoms with Crippen LogP contribution in [0.15, 0.2) is 18.2 Å². The van der Waals surface area contributed by atoms with Crippen molar-refractivity contribution in [2.75, 3.05) is 0 Å². The molecule has 3 rings (SSSR count). The third kappa shape index (κ3) is 2.03. The molecule has 1 aliphatic carbocycles. The minimum Gasteiger partial charge on any atom is -0.327 e. The molecule has 0 atom stereocenters. The number of halogens is 1. The van der Waals surface area contributed by atoms with E-state index in [1.807, 2.05) is 0 Å². The second kappa shape index (κ2) is 4.93. The van der Waals surface area contributed by atoms with Gasteiger partial charge in [-0.2, -0.15) is 0 Å². The number of hydrogen-bond acceptors (Lipinski definition) is 1. The van der Waals surface area contributed by atoms with Gasteiger partial charge < -0.3 is 4.57 Å². The summed E-state index contributed by atoms with van der Waals surface area (Å²) in [6.07, 6.45) is 5.49. The molecule has 96 valence electrons. The van der Waals surface area contributed by atoms with Gasteiger partial charge in [0.1, 0.15) is 5.82 Å². The Morgan fingerprint density at radius 2 is 2.22 bits per heavy atom. The van der Waals surface area contributed by atoms with Crippen LogP contribution in [0.3, 0.4) is 0 Å². The predicted molar refractivity (Wildman–Crippen MR) is 76.0 cm³/mol. The van der Waals surface area contributed by atoms with Gasteiger partial charge in [-0.15, -0.1) is 11.6 Å². The fraction of sp³-hybridized carbons (Fsp3) is 0.533. The van der Waals surface area contributed by atoms with Crippen LogP contribution in [0.2, 0.25) is 0 Å². The van der Waals surface area contributed by atoms with E-state index < -0.39 is 0 Å². The SMILES string of the molecule is Cc1cccc2c1nc(CCl)n2CCC1CCC1. The number of rotatable bonds is 4. The number of alkyl halides is 1. The van der Waals surface area contributed by atoms with Gasteiger partial charge in [0.15, 0.2) is 0 Å². The van der Waals surface area contributed by atoms with Crippen LogP contribution in [0, 0.1) is 12.8 Å². The Hall–Kier alpha value is -1.02. The lowest BCUT2D eigenvalue weighted by atomic mass is 9.83. The van der Waals surface area contributed by atoms with E-state index in [1.54, 1.807) is 0 Å². The van der Waals surface area contributed by atoms with E-state index >= 15 is 0 Å². The van der Waals surface area contributed by atoms with Crippen LogP contribution in [0.1, 0.15) is 37.1 Å². The van der Waals surface area contributed by atoms with Crippen molar-refractivity contribution in [3.8, 4) is 0 Å². The van der Waals surface area contributed by atoms with Gasteiger partial charge in [0, 0.05) is 6.54 Å². The Balaban J connectivity index is 1.94. The lowest BCUT2D eigenvalue weighted by Gasteiger charge is -2.25. The third-order valence-electron chi connectivity index (χ3n) is 4.16.